The van der Waals surface area contributed by atoms with Crippen molar-refractivity contribution in [3.05, 3.63) is 29.8 Å². The number of aliphatic hydroxyl groups is 1. The Hall–Kier alpha value is -1.06. The molecular formula is C12H19NO2. The van der Waals surface area contributed by atoms with E-state index in [0.29, 0.717) is 26.0 Å². The van der Waals surface area contributed by atoms with Gasteiger partial charge in [0.05, 0.1) is 12.7 Å². The number of benzene rings is 1. The van der Waals surface area contributed by atoms with Crippen molar-refractivity contribution in [1.82, 2.24) is 0 Å². The fourth-order valence-electron chi connectivity index (χ4n) is 1.36. The van der Waals surface area contributed by atoms with Crippen LogP contribution < -0.4 is 10.5 Å². The molecule has 3 N–H and O–H groups in total. The Labute approximate surface area is 90.9 Å². The summed E-state index contributed by atoms with van der Waals surface area (Å²) in [6.07, 6.45) is 0.918. The number of hydrogen-bond donors (Lipinski definition) is 2. The summed E-state index contributed by atoms with van der Waals surface area (Å²) in [5, 5.41) is 9.44. The first-order chi connectivity index (χ1) is 7.24. The van der Waals surface area contributed by atoms with Crippen molar-refractivity contribution in [2.24, 2.45) is 5.73 Å². The van der Waals surface area contributed by atoms with Crippen molar-refractivity contribution in [3.63, 3.8) is 0 Å². The summed E-state index contributed by atoms with van der Waals surface area (Å²) in [7, 11) is 0. The maximum Gasteiger partial charge on any atom is 0.122 e. The molecule has 15 heavy (non-hydrogen) atoms. The Morgan fingerprint density at radius 2 is 2.07 bits per heavy atom. The highest BCUT2D eigenvalue weighted by atomic mass is 16.5. The van der Waals surface area contributed by atoms with Crippen LogP contribution in [0.5, 0.6) is 5.75 Å². The molecule has 0 amide bonds. The lowest BCUT2D eigenvalue weighted by Crippen LogP contribution is -2.16. The van der Waals surface area contributed by atoms with Gasteiger partial charge >= 0.3 is 0 Å². The minimum atomic E-state index is -0.348. The zero-order valence-electron chi connectivity index (χ0n) is 9.15. The smallest absolute Gasteiger partial charge is 0.122 e. The maximum absolute atomic E-state index is 9.44. The topological polar surface area (TPSA) is 55.5 Å². The molecule has 0 aliphatic rings. The van der Waals surface area contributed by atoms with Gasteiger partial charge in [-0.1, -0.05) is 18.2 Å². The average molecular weight is 209 g/mol. The van der Waals surface area contributed by atoms with Crippen LogP contribution in [-0.4, -0.2) is 24.4 Å². The molecular weight excluding hydrogens is 190 g/mol. The van der Waals surface area contributed by atoms with Crippen molar-refractivity contribution in [2.45, 2.75) is 25.9 Å². The molecule has 1 aromatic carbocycles. The molecule has 1 rings (SSSR count). The van der Waals surface area contributed by atoms with Gasteiger partial charge in [0.25, 0.3) is 0 Å². The largest absolute Gasteiger partial charge is 0.493 e. The zero-order chi connectivity index (χ0) is 11.1. The van der Waals surface area contributed by atoms with Crippen LogP contribution in [0.4, 0.5) is 0 Å². The summed E-state index contributed by atoms with van der Waals surface area (Å²) in [6.45, 7) is 3.06. The first kappa shape index (κ1) is 12.0. The lowest BCUT2D eigenvalue weighted by molar-refractivity contribution is 0.133. The van der Waals surface area contributed by atoms with Crippen LogP contribution in [0.1, 0.15) is 18.4 Å². The molecule has 0 bridgehead atoms. The molecule has 0 aliphatic carbocycles. The normalized spacial score (nSPS) is 12.5. The van der Waals surface area contributed by atoms with E-state index in [0.717, 1.165) is 11.3 Å². The first-order valence-corrected chi connectivity index (χ1v) is 5.30. The molecule has 0 aliphatic heterocycles. The van der Waals surface area contributed by atoms with E-state index >= 15 is 0 Å². The van der Waals surface area contributed by atoms with E-state index in [2.05, 4.69) is 0 Å². The number of nitrogens with two attached hydrogens (primary N) is 1. The summed E-state index contributed by atoms with van der Waals surface area (Å²) in [5.74, 6) is 0.887. The third kappa shape index (κ3) is 4.32. The quantitative estimate of drug-likeness (QED) is 0.746. The minimum absolute atomic E-state index is 0.348. The van der Waals surface area contributed by atoms with E-state index < -0.39 is 0 Å². The molecule has 0 saturated heterocycles. The van der Waals surface area contributed by atoms with Crippen LogP contribution in [0.2, 0.25) is 0 Å². The Bertz CT molecular complexity index is 289. The second-order valence-corrected chi connectivity index (χ2v) is 3.63. The predicted molar refractivity (Wildman–Crippen MR) is 61.0 cm³/mol. The second-order valence-electron chi connectivity index (χ2n) is 3.63. The van der Waals surface area contributed by atoms with E-state index in [9.17, 15) is 5.11 Å². The van der Waals surface area contributed by atoms with Crippen LogP contribution in [0, 0.1) is 6.92 Å². The summed E-state index contributed by atoms with van der Waals surface area (Å²) in [4.78, 5) is 0. The lowest BCUT2D eigenvalue weighted by Gasteiger charge is -2.11. The Balaban J connectivity index is 2.29. The highest BCUT2D eigenvalue weighted by Crippen LogP contribution is 2.16. The van der Waals surface area contributed by atoms with E-state index in [1.54, 1.807) is 0 Å². The molecule has 3 nitrogen and oxygen atoms in total. The molecule has 0 spiro atoms. The van der Waals surface area contributed by atoms with Crippen molar-refractivity contribution in [1.29, 1.82) is 0 Å². The van der Waals surface area contributed by atoms with Gasteiger partial charge in [-0.05, 0) is 31.5 Å². The third-order valence-corrected chi connectivity index (χ3v) is 2.30. The Kier molecular flexibility index (Phi) is 5.15. The van der Waals surface area contributed by atoms with Gasteiger partial charge in [0, 0.05) is 6.42 Å². The van der Waals surface area contributed by atoms with Crippen LogP contribution >= 0.6 is 0 Å². The van der Waals surface area contributed by atoms with Crippen LogP contribution in [0.15, 0.2) is 24.3 Å². The average Bonchev–Trinajstić information content (AvgIpc) is 2.21. The SMILES string of the molecule is Cc1ccccc1OCCC(O)CCN. The highest BCUT2D eigenvalue weighted by Gasteiger charge is 2.03. The zero-order valence-corrected chi connectivity index (χ0v) is 9.15. The van der Waals surface area contributed by atoms with Gasteiger partial charge < -0.3 is 15.6 Å². The van der Waals surface area contributed by atoms with Gasteiger partial charge in [-0.25, -0.2) is 0 Å². The van der Waals surface area contributed by atoms with Gasteiger partial charge in [0.1, 0.15) is 5.75 Å². The van der Waals surface area contributed by atoms with E-state index in [1.165, 1.54) is 0 Å². The van der Waals surface area contributed by atoms with E-state index in [4.69, 9.17) is 10.5 Å². The number of para-hydroxylation sites is 1. The lowest BCUT2D eigenvalue weighted by atomic mass is 10.2. The van der Waals surface area contributed by atoms with Crippen LogP contribution in [-0.2, 0) is 0 Å². The van der Waals surface area contributed by atoms with E-state index in [-0.39, 0.29) is 6.10 Å². The predicted octanol–water partition coefficient (Wildman–Crippen LogP) is 1.47. The summed E-state index contributed by atoms with van der Waals surface area (Å²) in [6, 6.07) is 7.86. The molecule has 84 valence electrons. The molecule has 1 atom stereocenters. The Morgan fingerprint density at radius 1 is 1.33 bits per heavy atom. The maximum atomic E-state index is 9.44. The van der Waals surface area contributed by atoms with Crippen molar-refractivity contribution >= 4 is 0 Å². The Morgan fingerprint density at radius 3 is 2.73 bits per heavy atom. The fraction of sp³-hybridized carbons (Fsp3) is 0.500. The molecule has 1 aromatic rings. The van der Waals surface area contributed by atoms with Crippen molar-refractivity contribution < 1.29 is 9.84 Å². The van der Waals surface area contributed by atoms with Gasteiger partial charge in [-0.2, -0.15) is 0 Å². The number of aryl methyl sites for hydroxylation is 1. The molecule has 0 heterocycles. The van der Waals surface area contributed by atoms with E-state index in [1.807, 2.05) is 31.2 Å². The first-order valence-electron chi connectivity index (χ1n) is 5.30. The van der Waals surface area contributed by atoms with Crippen molar-refractivity contribution in [3.8, 4) is 5.75 Å². The summed E-state index contributed by atoms with van der Waals surface area (Å²) < 4.78 is 5.55. The molecule has 0 fully saturated rings. The van der Waals surface area contributed by atoms with Gasteiger partial charge in [0.2, 0.25) is 0 Å². The van der Waals surface area contributed by atoms with Crippen LogP contribution in [0.25, 0.3) is 0 Å². The van der Waals surface area contributed by atoms with Crippen LogP contribution in [0.3, 0.4) is 0 Å². The number of hydrogen-bond acceptors (Lipinski definition) is 3. The third-order valence-electron chi connectivity index (χ3n) is 2.30. The monoisotopic (exact) mass is 209 g/mol. The fourth-order valence-corrected chi connectivity index (χ4v) is 1.36. The number of ether oxygens (including phenoxy) is 1. The molecule has 3 heteroatoms. The standard InChI is InChI=1S/C12H19NO2/c1-10-4-2-3-5-12(10)15-9-7-11(14)6-8-13/h2-5,11,14H,6-9,13H2,1H3. The summed E-state index contributed by atoms with van der Waals surface area (Å²) >= 11 is 0. The molecule has 0 radical (unpaired) electrons. The van der Waals surface area contributed by atoms with Crippen molar-refractivity contribution in [2.75, 3.05) is 13.2 Å². The highest BCUT2D eigenvalue weighted by molar-refractivity contribution is 5.31. The molecule has 0 saturated carbocycles. The molecule has 1 unspecified atom stereocenters. The van der Waals surface area contributed by atoms with Gasteiger partial charge in [-0.3, -0.25) is 0 Å². The molecule has 0 aromatic heterocycles. The second kappa shape index (κ2) is 6.43. The number of rotatable bonds is 6. The minimum Gasteiger partial charge on any atom is -0.493 e. The summed E-state index contributed by atoms with van der Waals surface area (Å²) in [5.41, 5.74) is 6.45. The van der Waals surface area contributed by atoms with Gasteiger partial charge in [-0.15, -0.1) is 0 Å². The van der Waals surface area contributed by atoms with Gasteiger partial charge in [0.15, 0.2) is 0 Å². The number of aliphatic hydroxyl groups excluding tert-OH is 1.